The Morgan fingerprint density at radius 1 is 0.960 bits per heavy atom. The van der Waals surface area contributed by atoms with Crippen LogP contribution in [0.1, 0.15) is 29.3 Å². The van der Waals surface area contributed by atoms with Crippen molar-refractivity contribution in [3.8, 4) is 17.2 Å². The molecule has 5 nitrogen and oxygen atoms in total. The van der Waals surface area contributed by atoms with Gasteiger partial charge >= 0.3 is 0 Å². The Bertz CT molecular complexity index is 752. The van der Waals surface area contributed by atoms with Crippen molar-refractivity contribution in [3.05, 3.63) is 53.6 Å². The van der Waals surface area contributed by atoms with E-state index >= 15 is 0 Å². The summed E-state index contributed by atoms with van der Waals surface area (Å²) in [6.07, 6.45) is 0.962. The van der Waals surface area contributed by atoms with Crippen LogP contribution in [-0.4, -0.2) is 32.4 Å². The fraction of sp³-hybridized carbons (Fsp3) is 0.300. The molecular weight excluding hydrogens is 320 g/mol. The minimum absolute atomic E-state index is 0.00326. The van der Waals surface area contributed by atoms with E-state index < -0.39 is 0 Å². The van der Waals surface area contributed by atoms with Crippen LogP contribution in [0.25, 0.3) is 0 Å². The van der Waals surface area contributed by atoms with E-state index in [1.165, 1.54) is 6.92 Å². The molecule has 0 aliphatic carbocycles. The lowest BCUT2D eigenvalue weighted by Gasteiger charge is -2.10. The maximum Gasteiger partial charge on any atom is 0.167 e. The zero-order valence-corrected chi connectivity index (χ0v) is 14.7. The lowest BCUT2D eigenvalue weighted by Crippen LogP contribution is -2.07. The van der Waals surface area contributed by atoms with Crippen LogP contribution in [0.15, 0.2) is 42.5 Å². The van der Waals surface area contributed by atoms with Crippen LogP contribution in [0.2, 0.25) is 0 Å². The number of benzene rings is 2. The molecule has 5 heteroatoms. The number of rotatable bonds is 9. The SMILES string of the molecule is COc1ccc(CCC(=O)c2cccc(OCC(C)=O)c2)cc1OC. The molecule has 0 spiro atoms. The first-order chi connectivity index (χ1) is 12.0. The standard InChI is InChI=1S/C20H22O5/c1-14(21)13-25-17-6-4-5-16(12-17)18(22)9-7-15-8-10-19(23-2)20(11-15)24-3/h4-6,8,10-12H,7,9,13H2,1-3H3. The molecule has 0 radical (unpaired) electrons. The van der Waals surface area contributed by atoms with Crippen molar-refractivity contribution in [1.29, 1.82) is 0 Å². The molecule has 0 aliphatic rings. The summed E-state index contributed by atoms with van der Waals surface area (Å²) in [5.41, 5.74) is 1.57. The van der Waals surface area contributed by atoms with Crippen LogP contribution in [0.3, 0.4) is 0 Å². The third-order valence-corrected chi connectivity index (χ3v) is 3.69. The third-order valence-electron chi connectivity index (χ3n) is 3.69. The van der Waals surface area contributed by atoms with Crippen molar-refractivity contribution in [3.63, 3.8) is 0 Å². The van der Waals surface area contributed by atoms with Gasteiger partial charge in [-0.1, -0.05) is 18.2 Å². The topological polar surface area (TPSA) is 61.8 Å². The minimum atomic E-state index is -0.0646. The molecule has 0 atom stereocenters. The van der Waals surface area contributed by atoms with Crippen molar-refractivity contribution < 1.29 is 23.8 Å². The molecule has 25 heavy (non-hydrogen) atoms. The maximum absolute atomic E-state index is 12.4. The summed E-state index contributed by atoms with van der Waals surface area (Å²) < 4.78 is 15.8. The molecule has 132 valence electrons. The number of hydrogen-bond donors (Lipinski definition) is 0. The molecule has 0 unspecified atom stereocenters. The van der Waals surface area contributed by atoms with Gasteiger partial charge in [-0.3, -0.25) is 9.59 Å². The van der Waals surface area contributed by atoms with Crippen molar-refractivity contribution in [1.82, 2.24) is 0 Å². The van der Waals surface area contributed by atoms with E-state index in [0.717, 1.165) is 5.56 Å². The first-order valence-electron chi connectivity index (χ1n) is 8.00. The first-order valence-corrected chi connectivity index (χ1v) is 8.00. The summed E-state index contributed by atoms with van der Waals surface area (Å²) >= 11 is 0. The molecule has 0 aromatic heterocycles. The average Bonchev–Trinajstić information content (AvgIpc) is 2.64. The second kappa shape index (κ2) is 8.87. The van der Waals surface area contributed by atoms with Gasteiger partial charge in [-0.15, -0.1) is 0 Å². The maximum atomic E-state index is 12.4. The van der Waals surface area contributed by atoms with Gasteiger partial charge in [0.25, 0.3) is 0 Å². The van der Waals surface area contributed by atoms with Crippen molar-refractivity contribution in [2.24, 2.45) is 0 Å². The van der Waals surface area contributed by atoms with Gasteiger partial charge in [0.05, 0.1) is 14.2 Å². The van der Waals surface area contributed by atoms with E-state index in [2.05, 4.69) is 0 Å². The van der Waals surface area contributed by atoms with Crippen molar-refractivity contribution >= 4 is 11.6 Å². The lowest BCUT2D eigenvalue weighted by atomic mass is 10.0. The predicted molar refractivity (Wildman–Crippen MR) is 94.8 cm³/mol. The zero-order chi connectivity index (χ0) is 18.2. The highest BCUT2D eigenvalue weighted by atomic mass is 16.5. The van der Waals surface area contributed by atoms with Gasteiger partial charge in [0.15, 0.2) is 23.1 Å². The number of aryl methyl sites for hydroxylation is 1. The van der Waals surface area contributed by atoms with E-state index in [-0.39, 0.29) is 18.2 Å². The number of carbonyl (C=O) groups is 2. The van der Waals surface area contributed by atoms with Crippen LogP contribution in [0.5, 0.6) is 17.2 Å². The molecular formula is C20H22O5. The highest BCUT2D eigenvalue weighted by Crippen LogP contribution is 2.28. The number of ether oxygens (including phenoxy) is 3. The van der Waals surface area contributed by atoms with E-state index in [0.29, 0.717) is 35.7 Å². The normalized spacial score (nSPS) is 10.2. The molecule has 2 aromatic carbocycles. The molecule has 0 amide bonds. The van der Waals surface area contributed by atoms with E-state index in [1.54, 1.807) is 38.5 Å². The summed E-state index contributed by atoms with van der Waals surface area (Å²) in [6.45, 7) is 1.46. The van der Waals surface area contributed by atoms with Gasteiger partial charge in [0, 0.05) is 12.0 Å². The Hall–Kier alpha value is -2.82. The molecule has 0 saturated heterocycles. The fourth-order valence-electron chi connectivity index (χ4n) is 2.38. The van der Waals surface area contributed by atoms with E-state index in [1.807, 2.05) is 18.2 Å². The lowest BCUT2D eigenvalue weighted by molar-refractivity contribution is -0.118. The van der Waals surface area contributed by atoms with Gasteiger partial charge in [0.1, 0.15) is 12.4 Å². The summed E-state index contributed by atoms with van der Waals surface area (Å²) in [5.74, 6) is 1.78. The highest BCUT2D eigenvalue weighted by Gasteiger charge is 2.10. The van der Waals surface area contributed by atoms with Crippen LogP contribution in [0, 0.1) is 0 Å². The predicted octanol–water partition coefficient (Wildman–Crippen LogP) is 3.49. The van der Waals surface area contributed by atoms with Crippen LogP contribution < -0.4 is 14.2 Å². The Kier molecular flexibility index (Phi) is 6.57. The van der Waals surface area contributed by atoms with E-state index in [4.69, 9.17) is 14.2 Å². The van der Waals surface area contributed by atoms with Crippen LogP contribution in [0.4, 0.5) is 0 Å². The Morgan fingerprint density at radius 3 is 2.40 bits per heavy atom. The van der Waals surface area contributed by atoms with Crippen molar-refractivity contribution in [2.45, 2.75) is 19.8 Å². The zero-order valence-electron chi connectivity index (χ0n) is 14.7. The largest absolute Gasteiger partial charge is 0.493 e. The number of methoxy groups -OCH3 is 2. The second-order valence-electron chi connectivity index (χ2n) is 5.63. The third kappa shape index (κ3) is 5.35. The number of carbonyl (C=O) groups excluding carboxylic acids is 2. The Morgan fingerprint density at radius 2 is 1.72 bits per heavy atom. The monoisotopic (exact) mass is 342 g/mol. The quantitative estimate of drug-likeness (QED) is 0.653. The smallest absolute Gasteiger partial charge is 0.167 e. The summed E-state index contributed by atoms with van der Waals surface area (Å²) in [4.78, 5) is 23.4. The van der Waals surface area contributed by atoms with Gasteiger partial charge in [-0.2, -0.15) is 0 Å². The summed E-state index contributed by atoms with van der Waals surface area (Å²) in [5, 5.41) is 0. The molecule has 0 saturated carbocycles. The minimum Gasteiger partial charge on any atom is -0.493 e. The van der Waals surface area contributed by atoms with Crippen molar-refractivity contribution in [2.75, 3.05) is 20.8 Å². The van der Waals surface area contributed by atoms with Crippen LogP contribution >= 0.6 is 0 Å². The Labute approximate surface area is 147 Å². The molecule has 0 fully saturated rings. The highest BCUT2D eigenvalue weighted by molar-refractivity contribution is 5.96. The number of ketones is 2. The molecule has 0 bridgehead atoms. The van der Waals surface area contributed by atoms with Crippen LogP contribution in [-0.2, 0) is 11.2 Å². The van der Waals surface area contributed by atoms with E-state index in [9.17, 15) is 9.59 Å². The van der Waals surface area contributed by atoms with Gasteiger partial charge in [-0.05, 0) is 43.2 Å². The molecule has 0 heterocycles. The Balaban J connectivity index is 2.00. The number of Topliss-reactive ketones (excluding diaryl/α,β-unsaturated/α-hetero) is 2. The fourth-order valence-corrected chi connectivity index (χ4v) is 2.38. The second-order valence-corrected chi connectivity index (χ2v) is 5.63. The first kappa shape index (κ1) is 18.5. The van der Waals surface area contributed by atoms with Gasteiger partial charge in [-0.25, -0.2) is 0 Å². The average molecular weight is 342 g/mol. The molecule has 2 rings (SSSR count). The van der Waals surface area contributed by atoms with Gasteiger partial charge < -0.3 is 14.2 Å². The number of hydrogen-bond acceptors (Lipinski definition) is 5. The molecule has 0 N–H and O–H groups in total. The molecule has 0 aliphatic heterocycles. The van der Waals surface area contributed by atoms with Gasteiger partial charge in [0.2, 0.25) is 0 Å². The summed E-state index contributed by atoms with van der Waals surface area (Å²) in [6, 6.07) is 12.5. The molecule has 2 aromatic rings. The summed E-state index contributed by atoms with van der Waals surface area (Å²) in [7, 11) is 3.17.